The van der Waals surface area contributed by atoms with Crippen molar-refractivity contribution in [2.24, 2.45) is 5.84 Å². The molecule has 0 saturated heterocycles. The van der Waals surface area contributed by atoms with E-state index in [-0.39, 0.29) is 62.5 Å². The van der Waals surface area contributed by atoms with Crippen molar-refractivity contribution in [1.29, 1.82) is 0 Å². The Morgan fingerprint density at radius 1 is 1.16 bits per heavy atom. The number of aromatic nitrogens is 1. The fourth-order valence-corrected chi connectivity index (χ4v) is 0.737. The Morgan fingerprint density at radius 3 is 2.00 bits per heavy atom. The van der Waals surface area contributed by atoms with E-state index in [0.29, 0.717) is 5.56 Å². The third kappa shape index (κ3) is 12.4. The van der Waals surface area contributed by atoms with Crippen LogP contribution in [-0.2, 0) is 0 Å². The van der Waals surface area contributed by atoms with Crippen molar-refractivity contribution in [2.45, 2.75) is 0 Å². The number of amides is 1. The second-order valence-corrected chi connectivity index (χ2v) is 3.34. The van der Waals surface area contributed by atoms with Crippen LogP contribution in [-0.4, -0.2) is 82.8 Å². The van der Waals surface area contributed by atoms with Gasteiger partial charge in [-0.3, -0.25) is 26.1 Å². The van der Waals surface area contributed by atoms with Crippen molar-refractivity contribution in [2.75, 3.05) is 0 Å². The van der Waals surface area contributed by atoms with Crippen molar-refractivity contribution in [3.63, 3.8) is 0 Å². The van der Waals surface area contributed by atoms with Crippen LogP contribution in [0.15, 0.2) is 24.5 Å². The molecule has 1 aromatic rings. The number of aliphatic hydroxyl groups is 2. The third-order valence-electron chi connectivity index (χ3n) is 1.35. The van der Waals surface area contributed by atoms with Crippen molar-refractivity contribution in [1.82, 2.24) is 21.3 Å². The van der Waals surface area contributed by atoms with E-state index in [9.17, 15) is 4.79 Å². The first kappa shape index (κ1) is 20.9. The van der Waals surface area contributed by atoms with Crippen LogP contribution in [0.2, 0.25) is 0 Å². The normalized spacial score (nSPS) is 7.84. The molecule has 1 rings (SSSR count). The number of thiocarbonyl (C=S) groups is 2. The number of carbonyl (C=O) groups excluding carboxylic acids is 1. The minimum absolute atomic E-state index is 0. The van der Waals surface area contributed by atoms with Crippen molar-refractivity contribution < 1.29 is 15.0 Å². The van der Waals surface area contributed by atoms with Gasteiger partial charge in [0.2, 0.25) is 0 Å². The fraction of sp³-hybridized carbons (Fsp3) is 0. The molecule has 0 aliphatic rings. The molecule has 1 amide bonds. The summed E-state index contributed by atoms with van der Waals surface area (Å²) in [5.41, 5.74) is 6.55. The van der Waals surface area contributed by atoms with E-state index in [0.717, 1.165) is 0 Å². The molecule has 8 nitrogen and oxygen atoms in total. The zero-order valence-corrected chi connectivity index (χ0v) is 10.6. The van der Waals surface area contributed by atoms with Gasteiger partial charge in [-0.1, -0.05) is 0 Å². The predicted octanol–water partition coefficient (Wildman–Crippen LogP) is -1.20. The number of pyridine rings is 1. The first-order valence-corrected chi connectivity index (χ1v) is 5.18. The summed E-state index contributed by atoms with van der Waals surface area (Å²) < 4.78 is 0. The quantitative estimate of drug-likeness (QED) is 0.163. The van der Waals surface area contributed by atoms with Gasteiger partial charge in [0.25, 0.3) is 16.3 Å². The Morgan fingerprint density at radius 2 is 1.63 bits per heavy atom. The molecule has 11 heteroatoms. The van der Waals surface area contributed by atoms with Crippen LogP contribution in [0.4, 0.5) is 0 Å². The van der Waals surface area contributed by atoms with E-state index in [1.165, 1.54) is 24.5 Å². The molecule has 100 valence electrons. The topological polar surface area (TPSA) is 133 Å². The second-order valence-electron chi connectivity index (χ2n) is 2.57. The van der Waals surface area contributed by atoms with Crippen LogP contribution < -0.4 is 22.1 Å². The van der Waals surface area contributed by atoms with E-state index in [1.807, 2.05) is 5.43 Å². The summed E-state index contributed by atoms with van der Waals surface area (Å²) in [6.07, 6.45) is 2.98. The first-order valence-electron chi connectivity index (χ1n) is 4.36. The minimum atomic E-state index is -0.484. The van der Waals surface area contributed by atoms with E-state index in [2.05, 4.69) is 46.1 Å². The van der Waals surface area contributed by atoms with E-state index in [4.69, 9.17) is 10.2 Å². The summed E-state index contributed by atoms with van der Waals surface area (Å²) >= 11 is 8.30. The van der Waals surface area contributed by atoms with Gasteiger partial charge in [0, 0.05) is 18.0 Å². The molecule has 0 radical (unpaired) electrons. The zero-order valence-electron chi connectivity index (χ0n) is 8.95. The molecule has 0 atom stereocenters. The van der Waals surface area contributed by atoms with Gasteiger partial charge in [0.15, 0.2) is 0 Å². The van der Waals surface area contributed by atoms with Crippen LogP contribution in [0.25, 0.3) is 0 Å². The summed E-state index contributed by atoms with van der Waals surface area (Å²) in [6.45, 7) is 0. The fourth-order valence-electron chi connectivity index (χ4n) is 0.686. The van der Waals surface area contributed by atoms with Gasteiger partial charge in [-0.15, -0.1) is 0 Å². The standard InChI is InChI=1S/C7H7N3O2S.CH4N2OS.K.H/c11-6(9-10-7(12)13)5-1-3-8-4-2-5;2-3-1(4)5;;/h1-4H,(H,9,11)(H2,10,12,13);2H2,(H2,3,4,5);;. The number of aliphatic hydroxyl groups excluding tert-OH is 2. The maximum absolute atomic E-state index is 11.2. The number of nitrogens with one attached hydrogen (secondary N) is 3. The molecule has 0 spiro atoms. The molecule has 1 aromatic heterocycles. The summed E-state index contributed by atoms with van der Waals surface area (Å²) in [4.78, 5) is 14.9. The van der Waals surface area contributed by atoms with Crippen molar-refractivity contribution >= 4 is 92.1 Å². The Kier molecular flexibility index (Phi) is 13.9. The number of nitrogens with zero attached hydrogens (tertiary/aromatic N) is 1. The first-order chi connectivity index (χ1) is 8.47. The van der Waals surface area contributed by atoms with Crippen LogP contribution in [0.3, 0.4) is 0 Å². The van der Waals surface area contributed by atoms with E-state index in [1.54, 1.807) is 0 Å². The average Bonchev–Trinajstić information content (AvgIpc) is 2.37. The maximum atomic E-state index is 11.2. The van der Waals surface area contributed by atoms with Crippen molar-refractivity contribution in [3.8, 4) is 0 Å². The van der Waals surface area contributed by atoms with Crippen LogP contribution in [0, 0.1) is 0 Å². The van der Waals surface area contributed by atoms with Gasteiger partial charge in [-0.05, 0) is 36.6 Å². The molecule has 0 aliphatic heterocycles. The Hall–Kier alpha value is -0.404. The van der Waals surface area contributed by atoms with Gasteiger partial charge < -0.3 is 10.2 Å². The van der Waals surface area contributed by atoms with Gasteiger partial charge in [0.05, 0.1) is 0 Å². The molecule has 0 bridgehead atoms. The number of rotatable bonds is 1. The summed E-state index contributed by atoms with van der Waals surface area (Å²) in [5, 5.41) is 15.5. The molecular weight excluding hydrogens is 317 g/mol. The van der Waals surface area contributed by atoms with Crippen LogP contribution in [0.5, 0.6) is 0 Å². The molecule has 0 aliphatic carbocycles. The summed E-state index contributed by atoms with van der Waals surface area (Å²) in [7, 11) is 0. The van der Waals surface area contributed by atoms with Crippen LogP contribution >= 0.6 is 24.4 Å². The van der Waals surface area contributed by atoms with Gasteiger partial charge in [0.1, 0.15) is 0 Å². The summed E-state index contributed by atoms with van der Waals surface area (Å²) in [6, 6.07) is 3.08. The number of hydrazine groups is 2. The van der Waals surface area contributed by atoms with E-state index < -0.39 is 5.17 Å². The number of nitrogens with two attached hydrogens (primary N) is 1. The monoisotopic (exact) mass is 329 g/mol. The molecule has 7 N–H and O–H groups in total. The van der Waals surface area contributed by atoms with Crippen molar-refractivity contribution in [3.05, 3.63) is 30.1 Å². The van der Waals surface area contributed by atoms with Gasteiger partial charge in [-0.2, -0.15) is 0 Å². The Labute approximate surface area is 162 Å². The molecular formula is C8H12KN5O3S2. The van der Waals surface area contributed by atoms with Crippen LogP contribution in [0.1, 0.15) is 10.4 Å². The number of carbonyl (C=O) groups is 1. The predicted molar refractivity (Wildman–Crippen MR) is 79.8 cm³/mol. The van der Waals surface area contributed by atoms with E-state index >= 15 is 0 Å². The molecule has 0 unspecified atom stereocenters. The second kappa shape index (κ2) is 12.6. The Bertz CT molecular complexity index is 420. The van der Waals surface area contributed by atoms with Gasteiger partial charge >= 0.3 is 51.4 Å². The third-order valence-corrected chi connectivity index (χ3v) is 1.57. The number of hydrogen-bond donors (Lipinski definition) is 6. The SMILES string of the molecule is NNC(O)=S.O=C(NNC(O)=S)c1ccncc1.[KH]. The molecule has 19 heavy (non-hydrogen) atoms. The molecule has 0 aromatic carbocycles. The Balaban J connectivity index is 0. The molecule has 0 fully saturated rings. The molecule has 1 heterocycles. The summed E-state index contributed by atoms with van der Waals surface area (Å²) in [5.74, 6) is 4.14. The van der Waals surface area contributed by atoms with Gasteiger partial charge in [-0.25, -0.2) is 5.84 Å². The zero-order chi connectivity index (χ0) is 14.0. The molecule has 0 saturated carbocycles. The average molecular weight is 329 g/mol. The number of hydrogen-bond acceptors (Lipinski definition) is 5.